The maximum atomic E-state index is 13.2. The lowest BCUT2D eigenvalue weighted by molar-refractivity contribution is -0.276. The number of methoxy groups -OCH3 is 1. The first-order chi connectivity index (χ1) is 26.8. The van der Waals surface area contributed by atoms with Crippen LogP contribution in [0.25, 0.3) is 0 Å². The van der Waals surface area contributed by atoms with Gasteiger partial charge >= 0.3 is 12.0 Å². The first kappa shape index (κ1) is 44.0. The van der Waals surface area contributed by atoms with Gasteiger partial charge in [0, 0.05) is 30.1 Å². The molecule has 1 aliphatic rings. The van der Waals surface area contributed by atoms with Crippen LogP contribution in [0.1, 0.15) is 132 Å². The molecule has 5 atom stereocenters. The number of aliphatic hydroxyl groups is 1. The van der Waals surface area contributed by atoms with E-state index in [4.69, 9.17) is 14.2 Å². The summed E-state index contributed by atoms with van der Waals surface area (Å²) >= 11 is 0. The molecule has 1 aliphatic heterocycles. The predicted octanol–water partition coefficient (Wildman–Crippen LogP) is 9.90. The molecule has 0 aliphatic carbocycles. The van der Waals surface area contributed by atoms with Gasteiger partial charge in [0.05, 0.1) is 25.9 Å². The molecule has 9 heteroatoms. The number of carbonyl (C=O) groups is 2. The van der Waals surface area contributed by atoms with E-state index < -0.39 is 24.3 Å². The molecule has 0 aromatic heterocycles. The number of anilines is 1. The van der Waals surface area contributed by atoms with Crippen molar-refractivity contribution in [3.8, 4) is 0 Å². The van der Waals surface area contributed by atoms with E-state index >= 15 is 0 Å². The fourth-order valence-corrected chi connectivity index (χ4v) is 7.38. The van der Waals surface area contributed by atoms with E-state index in [0.29, 0.717) is 12.1 Å². The zero-order chi connectivity index (χ0) is 39.3. The number of amides is 2. The number of unbranched alkanes of at least 4 members (excludes halogenated alkanes) is 10. The van der Waals surface area contributed by atoms with Crippen molar-refractivity contribution in [1.82, 2.24) is 10.2 Å². The Balaban J connectivity index is 1.51. The number of nitrogens with one attached hydrogen (secondary N) is 2. The monoisotopic (exact) mass is 758 g/mol. The molecule has 4 rings (SSSR count). The molecule has 1 heterocycles. The second-order valence-electron chi connectivity index (χ2n) is 15.1. The van der Waals surface area contributed by atoms with Gasteiger partial charge in [0.2, 0.25) is 0 Å². The second kappa shape index (κ2) is 24.7. The fourth-order valence-electron chi connectivity index (χ4n) is 7.38. The van der Waals surface area contributed by atoms with Gasteiger partial charge in [-0.05, 0) is 54.8 Å². The van der Waals surface area contributed by atoms with Gasteiger partial charge in [-0.2, -0.15) is 0 Å². The number of benzene rings is 3. The second-order valence-corrected chi connectivity index (χ2v) is 15.1. The van der Waals surface area contributed by atoms with Gasteiger partial charge in [-0.25, -0.2) is 9.59 Å². The van der Waals surface area contributed by atoms with E-state index in [1.807, 2.05) is 78.9 Å². The summed E-state index contributed by atoms with van der Waals surface area (Å²) in [7, 11) is 1.32. The summed E-state index contributed by atoms with van der Waals surface area (Å²) < 4.78 is 18.6. The zero-order valence-corrected chi connectivity index (χ0v) is 33.8. The van der Waals surface area contributed by atoms with Gasteiger partial charge in [0.15, 0.2) is 6.29 Å². The van der Waals surface area contributed by atoms with Crippen molar-refractivity contribution in [1.29, 1.82) is 0 Å². The molecule has 5 unspecified atom stereocenters. The minimum Gasteiger partial charge on any atom is -0.467 e. The lowest BCUT2D eigenvalue weighted by atomic mass is 9.90. The number of hydrogen-bond donors (Lipinski definition) is 3. The number of esters is 1. The highest BCUT2D eigenvalue weighted by molar-refractivity contribution is 5.92. The SMILES string of the molecule is CCCCCCCCN(CCCCCCCC)CC1OC(c2cccc(NC(=O)NC(Cc3ccccc3)C(=O)OC)c2)OC(c2ccc(CO)cc2)C1C. The topological polar surface area (TPSA) is 109 Å². The molecule has 0 saturated carbocycles. The molecule has 9 nitrogen and oxygen atoms in total. The van der Waals surface area contributed by atoms with Crippen LogP contribution >= 0.6 is 0 Å². The van der Waals surface area contributed by atoms with E-state index in [9.17, 15) is 14.7 Å². The number of urea groups is 1. The quantitative estimate of drug-likeness (QED) is 0.0617. The lowest BCUT2D eigenvalue weighted by Crippen LogP contribution is -2.45. The van der Waals surface area contributed by atoms with Gasteiger partial charge < -0.3 is 34.9 Å². The standard InChI is InChI=1S/C46H67N3O6/c1-5-7-9-11-13-18-29-49(30-19-14-12-10-8-6-2)33-42-35(3)43(38-27-25-37(34-50)26-28-38)55-45(54-42)39-23-20-24-40(32-39)47-46(52)48-41(44(51)53-4)31-36-21-16-15-17-22-36/h15-17,20-28,32,35,41-43,45,50H,5-14,18-19,29-31,33-34H2,1-4H3,(H2,47,48,52). The van der Waals surface area contributed by atoms with Crippen molar-refractivity contribution in [2.45, 2.75) is 135 Å². The van der Waals surface area contributed by atoms with Gasteiger partial charge in [-0.1, -0.05) is 152 Å². The molecule has 55 heavy (non-hydrogen) atoms. The van der Waals surface area contributed by atoms with Crippen LogP contribution in [0.4, 0.5) is 10.5 Å². The van der Waals surface area contributed by atoms with Crippen molar-refractivity contribution in [3.05, 3.63) is 101 Å². The van der Waals surface area contributed by atoms with Crippen molar-refractivity contribution in [2.75, 3.05) is 32.1 Å². The minimum atomic E-state index is -0.851. The molecule has 302 valence electrons. The summed E-state index contributed by atoms with van der Waals surface area (Å²) in [6, 6.07) is 23.7. The number of ether oxygens (including phenoxy) is 3. The normalized spacial score (nSPS) is 18.9. The Bertz CT molecular complexity index is 1500. The highest BCUT2D eigenvalue weighted by Crippen LogP contribution is 2.42. The Labute approximate surface area is 330 Å². The Morgan fingerprint density at radius 2 is 1.40 bits per heavy atom. The first-order valence-electron chi connectivity index (χ1n) is 20.9. The van der Waals surface area contributed by atoms with Gasteiger partial charge in [0.1, 0.15) is 6.04 Å². The third-order valence-electron chi connectivity index (χ3n) is 10.7. The first-order valence-corrected chi connectivity index (χ1v) is 20.9. The van der Waals surface area contributed by atoms with Crippen molar-refractivity contribution < 1.29 is 28.9 Å². The third kappa shape index (κ3) is 15.0. The predicted molar refractivity (Wildman–Crippen MR) is 221 cm³/mol. The fraction of sp³-hybridized carbons (Fsp3) is 0.565. The van der Waals surface area contributed by atoms with Crippen molar-refractivity contribution >= 4 is 17.7 Å². The Kier molecular flexibility index (Phi) is 19.7. The summed E-state index contributed by atoms with van der Waals surface area (Å²) in [5.74, 6) is -0.447. The molecule has 3 aromatic rings. The van der Waals surface area contributed by atoms with Crippen LogP contribution < -0.4 is 10.6 Å². The van der Waals surface area contributed by atoms with Crippen LogP contribution in [0.5, 0.6) is 0 Å². The maximum Gasteiger partial charge on any atom is 0.328 e. The van der Waals surface area contributed by atoms with Crippen molar-refractivity contribution in [2.24, 2.45) is 5.92 Å². The minimum absolute atomic E-state index is 0.0123. The summed E-state index contributed by atoms with van der Waals surface area (Å²) in [6.45, 7) is 9.65. The molecule has 1 fully saturated rings. The van der Waals surface area contributed by atoms with Crippen LogP contribution in [0, 0.1) is 5.92 Å². The lowest BCUT2D eigenvalue weighted by Gasteiger charge is -2.43. The Hall–Kier alpha value is -3.76. The molecular formula is C46H67N3O6. The molecule has 0 bridgehead atoms. The Morgan fingerprint density at radius 1 is 0.764 bits per heavy atom. The molecule has 1 saturated heterocycles. The smallest absolute Gasteiger partial charge is 0.328 e. The number of rotatable bonds is 24. The number of nitrogens with zero attached hydrogens (tertiary/aromatic N) is 1. The summed E-state index contributed by atoms with van der Waals surface area (Å²) in [4.78, 5) is 28.4. The molecule has 3 N–H and O–H groups in total. The summed E-state index contributed by atoms with van der Waals surface area (Å²) in [5, 5.41) is 15.4. The van der Waals surface area contributed by atoms with Crippen LogP contribution in [-0.2, 0) is 32.0 Å². The largest absolute Gasteiger partial charge is 0.467 e. The van der Waals surface area contributed by atoms with E-state index in [1.165, 1.54) is 84.2 Å². The van der Waals surface area contributed by atoms with Gasteiger partial charge in [0.25, 0.3) is 0 Å². The van der Waals surface area contributed by atoms with Crippen LogP contribution in [0.2, 0.25) is 0 Å². The molecule has 2 amide bonds. The average molecular weight is 758 g/mol. The molecule has 0 radical (unpaired) electrons. The van der Waals surface area contributed by atoms with Crippen LogP contribution in [0.15, 0.2) is 78.9 Å². The van der Waals surface area contributed by atoms with E-state index in [-0.39, 0.29) is 24.7 Å². The third-order valence-corrected chi connectivity index (χ3v) is 10.7. The number of aliphatic hydroxyl groups excluding tert-OH is 1. The number of carbonyl (C=O) groups excluding carboxylic acids is 2. The van der Waals surface area contributed by atoms with Gasteiger partial charge in [-0.3, -0.25) is 0 Å². The zero-order valence-electron chi connectivity index (χ0n) is 33.8. The molecule has 0 spiro atoms. The van der Waals surface area contributed by atoms with E-state index in [2.05, 4.69) is 36.3 Å². The molecular weight excluding hydrogens is 691 g/mol. The van der Waals surface area contributed by atoms with Crippen molar-refractivity contribution in [3.63, 3.8) is 0 Å². The maximum absolute atomic E-state index is 13.2. The summed E-state index contributed by atoms with van der Waals surface area (Å²) in [5.41, 5.74) is 4.16. The molecule has 3 aromatic carbocycles. The van der Waals surface area contributed by atoms with Crippen LogP contribution in [-0.4, -0.2) is 60.9 Å². The summed E-state index contributed by atoms with van der Waals surface area (Å²) in [6.07, 6.45) is 14.5. The number of hydrogen-bond acceptors (Lipinski definition) is 7. The van der Waals surface area contributed by atoms with E-state index in [1.54, 1.807) is 0 Å². The van der Waals surface area contributed by atoms with E-state index in [0.717, 1.165) is 41.9 Å². The van der Waals surface area contributed by atoms with Crippen LogP contribution in [0.3, 0.4) is 0 Å². The highest BCUT2D eigenvalue weighted by Gasteiger charge is 2.39. The highest BCUT2D eigenvalue weighted by atomic mass is 16.7. The average Bonchev–Trinajstić information content (AvgIpc) is 3.21. The van der Waals surface area contributed by atoms with Gasteiger partial charge in [-0.15, -0.1) is 0 Å². The Morgan fingerprint density at radius 3 is 2.02 bits per heavy atom.